The zero-order valence-corrected chi connectivity index (χ0v) is 30.6. The minimum atomic E-state index is -3.83. The maximum atomic E-state index is 14.1. The maximum Gasteiger partial charge on any atom is 0.246 e. The zero-order chi connectivity index (χ0) is 35.4. The van der Waals surface area contributed by atoms with Gasteiger partial charge in [-0.1, -0.05) is 36.4 Å². The lowest BCUT2D eigenvalue weighted by atomic mass is 10.0. The average Bonchev–Trinajstić information content (AvgIpc) is 3.02. The van der Waals surface area contributed by atoms with Crippen molar-refractivity contribution in [3.05, 3.63) is 101 Å². The predicted molar refractivity (Wildman–Crippen MR) is 194 cm³/mol. The summed E-state index contributed by atoms with van der Waals surface area (Å²) >= 11 is 0. The van der Waals surface area contributed by atoms with Crippen molar-refractivity contribution in [1.82, 2.24) is 0 Å². The third-order valence-corrected chi connectivity index (χ3v) is 9.67. The summed E-state index contributed by atoms with van der Waals surface area (Å²) < 4.78 is 56.7. The van der Waals surface area contributed by atoms with Gasteiger partial charge in [-0.25, -0.2) is 8.42 Å². The molecule has 1 atom stereocenters. The fourth-order valence-corrected chi connectivity index (χ4v) is 7.18. The molecule has 0 radical (unpaired) electrons. The molecule has 0 saturated heterocycles. The second kappa shape index (κ2) is 17.6. The molecule has 0 saturated carbocycles. The second-order valence-corrected chi connectivity index (χ2v) is 13.5. The molecule has 0 spiro atoms. The number of sulfone groups is 1. The molecule has 48 heavy (non-hydrogen) atoms. The quantitative estimate of drug-likeness (QED) is 0.0954. The van der Waals surface area contributed by atoms with Crippen LogP contribution in [0.2, 0.25) is 0 Å². The van der Waals surface area contributed by atoms with Gasteiger partial charge in [0.2, 0.25) is 11.8 Å². The molecule has 10 heteroatoms. The third kappa shape index (κ3) is 10.4. The highest BCUT2D eigenvalue weighted by molar-refractivity contribution is 7.91. The predicted octanol–water partition coefficient (Wildman–Crippen LogP) is 8.41. The van der Waals surface area contributed by atoms with E-state index in [1.165, 1.54) is 0 Å². The molecule has 1 unspecified atom stereocenters. The van der Waals surface area contributed by atoms with Crippen molar-refractivity contribution < 1.29 is 32.1 Å². The van der Waals surface area contributed by atoms with Crippen molar-refractivity contribution in [2.75, 3.05) is 44.2 Å². The van der Waals surface area contributed by atoms with Crippen molar-refractivity contribution in [3.63, 3.8) is 0 Å². The average molecular weight is 681 g/mol. The van der Waals surface area contributed by atoms with E-state index in [0.717, 1.165) is 28.1 Å². The van der Waals surface area contributed by atoms with E-state index in [-0.39, 0.29) is 4.90 Å². The summed E-state index contributed by atoms with van der Waals surface area (Å²) in [5.74, 6) is -1.37. The lowest BCUT2D eigenvalue weighted by Gasteiger charge is -2.31. The molecule has 0 heterocycles. The number of rotatable bonds is 19. The van der Waals surface area contributed by atoms with E-state index in [0.29, 0.717) is 37.7 Å². The largest absolute Gasteiger partial charge is 0.497 e. The van der Waals surface area contributed by atoms with Gasteiger partial charge in [-0.15, -0.1) is 0 Å². The summed E-state index contributed by atoms with van der Waals surface area (Å²) in [4.78, 5) is 0.203. The molecule has 3 aromatic carbocycles. The topological polar surface area (TPSA) is 104 Å². The molecular formula is C38H52N2O7S. The monoisotopic (exact) mass is 680 g/mol. The smallest absolute Gasteiger partial charge is 0.246 e. The summed E-state index contributed by atoms with van der Waals surface area (Å²) in [6, 6.07) is 18.0. The summed E-state index contributed by atoms with van der Waals surface area (Å²) in [5.41, 5.74) is 5.11. The van der Waals surface area contributed by atoms with Gasteiger partial charge in [-0.2, -0.15) is 0 Å². The molecular weight excluding hydrogens is 628 g/mol. The first-order valence-electron chi connectivity index (χ1n) is 16.4. The molecule has 9 nitrogen and oxygen atoms in total. The molecule has 0 bridgehead atoms. The zero-order valence-electron chi connectivity index (χ0n) is 29.8. The fourth-order valence-electron chi connectivity index (χ4n) is 5.48. The highest BCUT2D eigenvalue weighted by Crippen LogP contribution is 2.35. The lowest BCUT2D eigenvalue weighted by molar-refractivity contribution is -0.201. The van der Waals surface area contributed by atoms with Crippen LogP contribution in [-0.2, 0) is 28.8 Å². The van der Waals surface area contributed by atoms with E-state index in [9.17, 15) is 8.42 Å². The van der Waals surface area contributed by atoms with Crippen LogP contribution in [0.5, 0.6) is 5.75 Å². The van der Waals surface area contributed by atoms with E-state index in [2.05, 4.69) is 10.6 Å². The summed E-state index contributed by atoms with van der Waals surface area (Å²) in [5, 5.41) is 5.67. The number of hydrogen-bond acceptors (Lipinski definition) is 9. The Labute approximate surface area is 287 Å². The number of methoxy groups -OCH3 is 1. The fraction of sp³-hybridized carbons (Fsp3) is 0.421. The van der Waals surface area contributed by atoms with Gasteiger partial charge in [0.1, 0.15) is 11.0 Å². The van der Waals surface area contributed by atoms with Gasteiger partial charge in [-0.05, 0) is 112 Å². The summed E-state index contributed by atoms with van der Waals surface area (Å²) in [6.07, 6.45) is 7.32. The first-order chi connectivity index (χ1) is 22.8. The van der Waals surface area contributed by atoms with Crippen LogP contribution in [-0.4, -0.2) is 53.8 Å². The molecule has 0 amide bonds. The Morgan fingerprint density at radius 2 is 1.21 bits per heavy atom. The first-order valence-corrected chi connectivity index (χ1v) is 17.9. The van der Waals surface area contributed by atoms with Crippen LogP contribution in [0.25, 0.3) is 6.08 Å². The summed E-state index contributed by atoms with van der Waals surface area (Å²) in [6.45, 7) is 17.2. The Balaban J connectivity index is 1.94. The number of anilines is 2. The third-order valence-electron chi connectivity index (χ3n) is 7.66. The minimum absolute atomic E-state index is 0.203. The SMILES string of the molecule is CCOC(C)(Nc1ccc(/C=C/C=C/C(c2ccc(NC(C)(OCC)OCC)cc2C)S(=O)(=O)c2ccc(OC)cc2)c(C)c1)OCC. The summed E-state index contributed by atoms with van der Waals surface area (Å²) in [7, 11) is -2.28. The van der Waals surface area contributed by atoms with Crippen molar-refractivity contribution in [3.8, 4) is 5.75 Å². The van der Waals surface area contributed by atoms with Gasteiger partial charge in [0.15, 0.2) is 9.84 Å². The van der Waals surface area contributed by atoms with Crippen LogP contribution in [0.15, 0.2) is 83.8 Å². The number of aryl methyl sites for hydroxylation is 2. The van der Waals surface area contributed by atoms with Crippen molar-refractivity contribution in [2.24, 2.45) is 0 Å². The maximum absolute atomic E-state index is 14.1. The van der Waals surface area contributed by atoms with Crippen LogP contribution in [0.4, 0.5) is 11.4 Å². The van der Waals surface area contributed by atoms with Gasteiger partial charge in [0.25, 0.3) is 0 Å². The van der Waals surface area contributed by atoms with Crippen LogP contribution >= 0.6 is 0 Å². The molecule has 0 aromatic heterocycles. The van der Waals surface area contributed by atoms with Crippen LogP contribution < -0.4 is 15.4 Å². The van der Waals surface area contributed by atoms with Crippen LogP contribution in [0.3, 0.4) is 0 Å². The normalized spacial score (nSPS) is 13.3. The molecule has 0 aliphatic rings. The highest BCUT2D eigenvalue weighted by Gasteiger charge is 2.30. The van der Waals surface area contributed by atoms with Gasteiger partial charge in [0.05, 0.1) is 12.0 Å². The van der Waals surface area contributed by atoms with E-state index in [4.69, 9.17) is 23.7 Å². The Bertz CT molecular complexity index is 1620. The lowest BCUT2D eigenvalue weighted by Crippen LogP contribution is -2.41. The Morgan fingerprint density at radius 3 is 1.67 bits per heavy atom. The highest BCUT2D eigenvalue weighted by atomic mass is 32.2. The van der Waals surface area contributed by atoms with Gasteiger partial charge in [-0.3, -0.25) is 0 Å². The molecule has 3 aromatic rings. The molecule has 3 rings (SSSR count). The number of nitrogens with one attached hydrogen (secondary N) is 2. The van der Waals surface area contributed by atoms with Gasteiger partial charge < -0.3 is 34.3 Å². The molecule has 0 aliphatic carbocycles. The molecule has 0 aliphatic heterocycles. The Hall–Kier alpha value is -3.67. The number of hydrogen-bond donors (Lipinski definition) is 2. The van der Waals surface area contributed by atoms with E-state index in [1.807, 2.05) is 104 Å². The van der Waals surface area contributed by atoms with E-state index in [1.54, 1.807) is 43.5 Å². The molecule has 262 valence electrons. The van der Waals surface area contributed by atoms with Gasteiger partial charge in [0, 0.05) is 51.6 Å². The Morgan fingerprint density at radius 1 is 0.708 bits per heavy atom. The number of benzene rings is 3. The standard InChI is InChI=1S/C38H52N2O7S/c1-10-44-37(7,45-11-2)39-31-19-18-30(28(5)26-31)16-14-15-17-36(48(41,42)34-23-21-33(43-9)22-24-34)35-25-20-32(27-29(35)6)40-38(8,46-12-3)47-13-4/h14-27,36,39-40H,10-13H2,1-9H3/b16-14+,17-15+. The number of allylic oxidation sites excluding steroid dienone is 2. The number of ether oxygens (including phenoxy) is 5. The van der Waals surface area contributed by atoms with Crippen molar-refractivity contribution in [1.29, 1.82) is 0 Å². The Kier molecular flexibility index (Phi) is 14.3. The van der Waals surface area contributed by atoms with Gasteiger partial charge >= 0.3 is 0 Å². The van der Waals surface area contributed by atoms with E-state index >= 15 is 0 Å². The van der Waals surface area contributed by atoms with Crippen molar-refractivity contribution >= 4 is 27.3 Å². The first kappa shape index (κ1) is 38.8. The molecule has 0 fully saturated rings. The second-order valence-electron chi connectivity index (χ2n) is 11.4. The van der Waals surface area contributed by atoms with Crippen LogP contribution in [0, 0.1) is 13.8 Å². The van der Waals surface area contributed by atoms with Crippen LogP contribution in [0.1, 0.15) is 69.0 Å². The minimum Gasteiger partial charge on any atom is -0.497 e. The van der Waals surface area contributed by atoms with Crippen molar-refractivity contribution in [2.45, 2.75) is 77.4 Å². The molecule has 2 N–H and O–H groups in total. The van der Waals surface area contributed by atoms with E-state index < -0.39 is 26.9 Å².